The average molecular weight is 233 g/mol. The Morgan fingerprint density at radius 1 is 1.47 bits per heavy atom. The van der Waals surface area contributed by atoms with Crippen molar-refractivity contribution in [3.8, 4) is 0 Å². The molecule has 2 aromatic rings. The number of aromatic nitrogens is 4. The second-order valence-corrected chi connectivity index (χ2v) is 3.74. The molecule has 2 rings (SSSR count). The number of aryl methyl sites for hydroxylation is 2. The zero-order valence-electron chi connectivity index (χ0n) is 9.97. The van der Waals surface area contributed by atoms with Crippen molar-refractivity contribution < 1.29 is 4.52 Å². The highest BCUT2D eigenvalue weighted by atomic mass is 16.5. The summed E-state index contributed by atoms with van der Waals surface area (Å²) in [5.74, 6) is 1.96. The Labute approximate surface area is 99.4 Å². The molecular weight excluding hydrogens is 218 g/mol. The molecule has 0 aliphatic heterocycles. The molecule has 0 aromatic carbocycles. The Bertz CT molecular complexity index is 514. The normalized spacial score (nSPS) is 10.5. The fraction of sp³-hybridized carbons (Fsp3) is 0.364. The number of rotatable bonds is 5. The van der Waals surface area contributed by atoms with Crippen molar-refractivity contribution in [1.29, 1.82) is 0 Å². The summed E-state index contributed by atoms with van der Waals surface area (Å²) in [5, 5.41) is 6.88. The lowest BCUT2D eigenvalue weighted by Gasteiger charge is -2.05. The summed E-state index contributed by atoms with van der Waals surface area (Å²) in [6, 6.07) is 0. The van der Waals surface area contributed by atoms with Gasteiger partial charge >= 0.3 is 0 Å². The quantitative estimate of drug-likeness (QED) is 0.796. The van der Waals surface area contributed by atoms with Crippen LogP contribution in [0, 0.1) is 13.8 Å². The fourth-order valence-corrected chi connectivity index (χ4v) is 1.53. The van der Waals surface area contributed by atoms with E-state index < -0.39 is 0 Å². The Kier molecular flexibility index (Phi) is 3.22. The van der Waals surface area contributed by atoms with Crippen molar-refractivity contribution in [2.24, 2.45) is 0 Å². The zero-order valence-corrected chi connectivity index (χ0v) is 9.97. The van der Waals surface area contributed by atoms with Gasteiger partial charge in [-0.15, -0.1) is 6.58 Å². The monoisotopic (exact) mass is 233 g/mol. The smallest absolute Gasteiger partial charge is 0.246 e. The van der Waals surface area contributed by atoms with Crippen LogP contribution in [0.1, 0.15) is 17.4 Å². The van der Waals surface area contributed by atoms with E-state index in [1.54, 1.807) is 6.92 Å². The summed E-state index contributed by atoms with van der Waals surface area (Å²) in [6.45, 7) is 8.63. The Hall–Kier alpha value is -2.11. The first-order chi connectivity index (χ1) is 8.19. The molecule has 2 heterocycles. The van der Waals surface area contributed by atoms with Gasteiger partial charge in [-0.25, -0.2) is 4.98 Å². The average Bonchev–Trinajstić information content (AvgIpc) is 2.83. The van der Waals surface area contributed by atoms with Gasteiger partial charge in [-0.2, -0.15) is 4.98 Å². The van der Waals surface area contributed by atoms with Crippen molar-refractivity contribution in [3.05, 3.63) is 36.3 Å². The Morgan fingerprint density at radius 3 is 2.94 bits per heavy atom. The molecule has 2 aromatic heterocycles. The molecule has 6 nitrogen and oxygen atoms in total. The van der Waals surface area contributed by atoms with Crippen LogP contribution in [0.5, 0.6) is 0 Å². The van der Waals surface area contributed by atoms with Crippen molar-refractivity contribution in [2.45, 2.75) is 26.9 Å². The Balaban J connectivity index is 2.05. The molecular formula is C11H15N5O. The molecule has 0 aliphatic carbocycles. The molecule has 0 saturated heterocycles. The maximum Gasteiger partial charge on any atom is 0.246 e. The van der Waals surface area contributed by atoms with E-state index in [2.05, 4.69) is 27.0 Å². The van der Waals surface area contributed by atoms with Crippen LogP contribution in [-0.4, -0.2) is 19.7 Å². The van der Waals surface area contributed by atoms with Crippen LogP contribution in [0.4, 0.5) is 5.95 Å². The second kappa shape index (κ2) is 4.82. The molecule has 17 heavy (non-hydrogen) atoms. The predicted octanol–water partition coefficient (Wildman–Crippen LogP) is 1.68. The summed E-state index contributed by atoms with van der Waals surface area (Å²) in [4.78, 5) is 8.48. The van der Waals surface area contributed by atoms with E-state index >= 15 is 0 Å². The molecule has 1 N–H and O–H groups in total. The molecule has 0 atom stereocenters. The first-order valence-electron chi connectivity index (χ1n) is 5.37. The third-order valence-corrected chi connectivity index (χ3v) is 2.19. The van der Waals surface area contributed by atoms with Gasteiger partial charge in [0.2, 0.25) is 11.8 Å². The largest absolute Gasteiger partial charge is 0.347 e. The number of nitrogens with one attached hydrogen (secondary N) is 1. The standard InChI is InChI=1S/C11H15N5O/c1-4-5-16-7-8(2)13-11(16)12-6-10-14-9(3)15-17-10/h4,7H,1,5-6H2,2-3H3,(H,12,13). The van der Waals surface area contributed by atoms with Crippen molar-refractivity contribution in [2.75, 3.05) is 5.32 Å². The molecule has 6 heteroatoms. The zero-order chi connectivity index (χ0) is 12.3. The lowest BCUT2D eigenvalue weighted by atomic mass is 10.5. The third-order valence-electron chi connectivity index (χ3n) is 2.19. The van der Waals surface area contributed by atoms with Gasteiger partial charge in [0.15, 0.2) is 5.82 Å². The summed E-state index contributed by atoms with van der Waals surface area (Å²) in [7, 11) is 0. The van der Waals surface area contributed by atoms with Gasteiger partial charge in [-0.3, -0.25) is 0 Å². The molecule has 0 bridgehead atoms. The summed E-state index contributed by atoms with van der Waals surface area (Å²) >= 11 is 0. The molecule has 0 radical (unpaired) electrons. The van der Waals surface area contributed by atoms with Crippen LogP contribution in [0.15, 0.2) is 23.4 Å². The van der Waals surface area contributed by atoms with Crippen molar-refractivity contribution in [3.63, 3.8) is 0 Å². The maximum atomic E-state index is 5.01. The van der Waals surface area contributed by atoms with Gasteiger partial charge in [-0.05, 0) is 13.8 Å². The van der Waals surface area contributed by atoms with Gasteiger partial charge in [0, 0.05) is 12.7 Å². The van der Waals surface area contributed by atoms with E-state index in [1.165, 1.54) is 0 Å². The molecule has 0 spiro atoms. The van der Waals surface area contributed by atoms with E-state index in [1.807, 2.05) is 23.8 Å². The van der Waals surface area contributed by atoms with E-state index in [4.69, 9.17) is 4.52 Å². The molecule has 0 unspecified atom stereocenters. The van der Waals surface area contributed by atoms with Crippen molar-refractivity contribution >= 4 is 5.95 Å². The van der Waals surface area contributed by atoms with Crippen LogP contribution in [0.2, 0.25) is 0 Å². The van der Waals surface area contributed by atoms with Crippen LogP contribution in [0.25, 0.3) is 0 Å². The summed E-state index contributed by atoms with van der Waals surface area (Å²) < 4.78 is 6.99. The minimum absolute atomic E-state index is 0.467. The minimum atomic E-state index is 0.467. The van der Waals surface area contributed by atoms with Crippen LogP contribution < -0.4 is 5.32 Å². The summed E-state index contributed by atoms with van der Waals surface area (Å²) in [6.07, 6.45) is 3.78. The number of anilines is 1. The SMILES string of the molecule is C=CCn1cc(C)nc1NCc1nc(C)no1. The van der Waals surface area contributed by atoms with E-state index in [9.17, 15) is 0 Å². The third kappa shape index (κ3) is 2.72. The lowest BCUT2D eigenvalue weighted by Crippen LogP contribution is -2.06. The van der Waals surface area contributed by atoms with Gasteiger partial charge in [0.1, 0.15) is 0 Å². The molecule has 0 fully saturated rings. The maximum absolute atomic E-state index is 5.01. The first-order valence-corrected chi connectivity index (χ1v) is 5.37. The summed E-state index contributed by atoms with van der Waals surface area (Å²) in [5.41, 5.74) is 0.955. The highest BCUT2D eigenvalue weighted by molar-refractivity contribution is 5.29. The van der Waals surface area contributed by atoms with Gasteiger partial charge in [0.25, 0.3) is 0 Å². The molecule has 0 aliphatic rings. The number of nitrogens with zero attached hydrogens (tertiary/aromatic N) is 4. The van der Waals surface area contributed by atoms with E-state index in [0.29, 0.717) is 24.8 Å². The van der Waals surface area contributed by atoms with E-state index in [0.717, 1.165) is 11.6 Å². The number of imidazole rings is 1. The van der Waals surface area contributed by atoms with Crippen LogP contribution >= 0.6 is 0 Å². The van der Waals surface area contributed by atoms with Crippen LogP contribution in [-0.2, 0) is 13.1 Å². The van der Waals surface area contributed by atoms with Gasteiger partial charge in [0.05, 0.1) is 12.2 Å². The van der Waals surface area contributed by atoms with Gasteiger partial charge < -0.3 is 14.4 Å². The molecule has 0 saturated carbocycles. The minimum Gasteiger partial charge on any atom is -0.347 e. The van der Waals surface area contributed by atoms with E-state index in [-0.39, 0.29) is 0 Å². The topological polar surface area (TPSA) is 68.8 Å². The first kappa shape index (κ1) is 11.4. The highest BCUT2D eigenvalue weighted by Gasteiger charge is 2.06. The highest BCUT2D eigenvalue weighted by Crippen LogP contribution is 2.09. The van der Waals surface area contributed by atoms with Crippen LogP contribution in [0.3, 0.4) is 0 Å². The number of hydrogen-bond donors (Lipinski definition) is 1. The second-order valence-electron chi connectivity index (χ2n) is 3.74. The number of allylic oxidation sites excluding steroid dienone is 1. The predicted molar refractivity (Wildman–Crippen MR) is 63.5 cm³/mol. The molecule has 90 valence electrons. The molecule has 0 amide bonds. The Morgan fingerprint density at radius 2 is 2.29 bits per heavy atom. The fourth-order valence-electron chi connectivity index (χ4n) is 1.53. The van der Waals surface area contributed by atoms with Crippen molar-refractivity contribution in [1.82, 2.24) is 19.7 Å². The number of hydrogen-bond acceptors (Lipinski definition) is 5. The van der Waals surface area contributed by atoms with Gasteiger partial charge in [-0.1, -0.05) is 11.2 Å². The lowest BCUT2D eigenvalue weighted by molar-refractivity contribution is 0.379.